The molecule has 4 nitrogen and oxygen atoms in total. The van der Waals surface area contributed by atoms with Crippen molar-refractivity contribution < 1.29 is 14.7 Å². The van der Waals surface area contributed by atoms with Gasteiger partial charge in [-0.1, -0.05) is 12.2 Å². The average molecular weight is 223 g/mol. The maximum Gasteiger partial charge on any atom is 0.313 e. The van der Waals surface area contributed by atoms with E-state index < -0.39 is 11.4 Å². The second-order valence-electron chi connectivity index (χ2n) is 5.07. The van der Waals surface area contributed by atoms with Gasteiger partial charge in [-0.3, -0.25) is 9.59 Å². The lowest BCUT2D eigenvalue weighted by Gasteiger charge is -2.46. The van der Waals surface area contributed by atoms with Crippen molar-refractivity contribution in [1.82, 2.24) is 5.32 Å². The molecule has 1 saturated carbocycles. The molecule has 1 amide bonds. The van der Waals surface area contributed by atoms with Crippen LogP contribution in [0.4, 0.5) is 0 Å². The molecule has 0 saturated heterocycles. The summed E-state index contributed by atoms with van der Waals surface area (Å²) >= 11 is 0. The van der Waals surface area contributed by atoms with Crippen LogP contribution in [0.1, 0.15) is 32.6 Å². The largest absolute Gasteiger partial charge is 0.481 e. The van der Waals surface area contributed by atoms with E-state index in [4.69, 9.17) is 0 Å². The molecule has 3 aliphatic rings. The second kappa shape index (κ2) is 3.61. The van der Waals surface area contributed by atoms with E-state index in [0.29, 0.717) is 19.4 Å². The summed E-state index contributed by atoms with van der Waals surface area (Å²) in [6.07, 6.45) is 6.94. The first-order valence-electron chi connectivity index (χ1n) is 5.66. The minimum atomic E-state index is -0.712. The summed E-state index contributed by atoms with van der Waals surface area (Å²) in [5.41, 5.74) is -0.624. The summed E-state index contributed by atoms with van der Waals surface area (Å²) in [4.78, 5) is 22.1. The predicted octanol–water partition coefficient (Wildman–Crippen LogP) is 1.32. The number of rotatable bonds is 3. The number of carbonyl (C=O) groups is 2. The van der Waals surface area contributed by atoms with Gasteiger partial charge in [-0.05, 0) is 25.7 Å². The van der Waals surface area contributed by atoms with Gasteiger partial charge in [0.1, 0.15) is 0 Å². The van der Waals surface area contributed by atoms with Crippen LogP contribution in [0.2, 0.25) is 0 Å². The standard InChI is InChI=1S/C12H17NO3/c1-9(14)13-8-11-2-5-12(6-3-11,7-4-11)10(15)16/h2,5H,3-4,6-8H2,1H3,(H,13,14)(H,15,16). The van der Waals surface area contributed by atoms with E-state index in [1.165, 1.54) is 6.92 Å². The number of hydrogen-bond acceptors (Lipinski definition) is 2. The van der Waals surface area contributed by atoms with E-state index in [9.17, 15) is 14.7 Å². The third-order valence-corrected chi connectivity index (χ3v) is 4.01. The van der Waals surface area contributed by atoms with Gasteiger partial charge in [0.05, 0.1) is 5.41 Å². The fourth-order valence-corrected chi connectivity index (χ4v) is 2.68. The van der Waals surface area contributed by atoms with Gasteiger partial charge in [-0.2, -0.15) is 0 Å². The molecule has 0 aromatic rings. The monoisotopic (exact) mass is 223 g/mol. The third-order valence-electron chi connectivity index (χ3n) is 4.01. The Labute approximate surface area is 94.7 Å². The van der Waals surface area contributed by atoms with Gasteiger partial charge in [0.2, 0.25) is 5.91 Å². The lowest BCUT2D eigenvalue weighted by atomic mass is 9.58. The fourth-order valence-electron chi connectivity index (χ4n) is 2.68. The van der Waals surface area contributed by atoms with Crippen LogP contribution in [0.3, 0.4) is 0 Å². The van der Waals surface area contributed by atoms with E-state index in [1.807, 2.05) is 12.2 Å². The first kappa shape index (κ1) is 11.2. The molecule has 16 heavy (non-hydrogen) atoms. The Kier molecular flexibility index (Phi) is 2.52. The molecule has 0 spiro atoms. The Morgan fingerprint density at radius 2 is 1.88 bits per heavy atom. The second-order valence-corrected chi connectivity index (χ2v) is 5.07. The highest BCUT2D eigenvalue weighted by Crippen LogP contribution is 2.52. The fraction of sp³-hybridized carbons (Fsp3) is 0.667. The molecular weight excluding hydrogens is 206 g/mol. The molecule has 0 atom stereocenters. The summed E-state index contributed by atoms with van der Waals surface area (Å²) in [6.45, 7) is 2.14. The van der Waals surface area contributed by atoms with Crippen molar-refractivity contribution in [2.24, 2.45) is 10.8 Å². The molecular formula is C12H17NO3. The first-order chi connectivity index (χ1) is 7.48. The third kappa shape index (κ3) is 1.72. The number of carboxylic acid groups (broad SMARTS) is 1. The van der Waals surface area contributed by atoms with Crippen LogP contribution in [0, 0.1) is 10.8 Å². The highest BCUT2D eigenvalue weighted by Gasteiger charge is 2.48. The Morgan fingerprint density at radius 1 is 1.25 bits per heavy atom. The Morgan fingerprint density at radius 3 is 2.25 bits per heavy atom. The molecule has 0 aromatic carbocycles. The summed E-state index contributed by atoms with van der Waals surface area (Å²) in [6, 6.07) is 0. The van der Waals surface area contributed by atoms with E-state index in [0.717, 1.165) is 12.8 Å². The topological polar surface area (TPSA) is 66.4 Å². The number of amides is 1. The zero-order chi connectivity index (χ0) is 11.8. The van der Waals surface area contributed by atoms with Crippen LogP contribution in [-0.2, 0) is 9.59 Å². The van der Waals surface area contributed by atoms with Crippen molar-refractivity contribution >= 4 is 11.9 Å². The van der Waals surface area contributed by atoms with E-state index in [1.54, 1.807) is 0 Å². The minimum absolute atomic E-state index is 0.00285. The molecule has 88 valence electrons. The molecule has 0 radical (unpaired) electrons. The van der Waals surface area contributed by atoms with Crippen molar-refractivity contribution in [2.75, 3.05) is 6.54 Å². The maximum atomic E-state index is 11.2. The van der Waals surface area contributed by atoms with E-state index in [2.05, 4.69) is 5.32 Å². The average Bonchev–Trinajstić information content (AvgIpc) is 2.29. The number of fused-ring (bicyclic) bond motifs is 2. The van der Waals surface area contributed by atoms with Crippen molar-refractivity contribution in [3.05, 3.63) is 12.2 Å². The SMILES string of the molecule is CC(=O)NCC12C=CC(C(=O)O)(CC1)CC2. The smallest absolute Gasteiger partial charge is 0.313 e. The Bertz CT molecular complexity index is 351. The van der Waals surface area contributed by atoms with Crippen LogP contribution in [0.15, 0.2) is 12.2 Å². The molecule has 3 rings (SSSR count). The molecule has 4 heteroatoms. The summed E-state index contributed by atoms with van der Waals surface area (Å²) in [7, 11) is 0. The van der Waals surface area contributed by atoms with Crippen LogP contribution < -0.4 is 5.32 Å². The summed E-state index contributed by atoms with van der Waals surface area (Å²) in [5, 5.41) is 12.0. The zero-order valence-corrected chi connectivity index (χ0v) is 9.45. The van der Waals surface area contributed by atoms with Crippen molar-refractivity contribution in [3.8, 4) is 0 Å². The van der Waals surface area contributed by atoms with Crippen molar-refractivity contribution in [1.29, 1.82) is 0 Å². The number of carbonyl (C=O) groups excluding carboxylic acids is 1. The lowest BCUT2D eigenvalue weighted by molar-refractivity contribution is -0.149. The van der Waals surface area contributed by atoms with Gasteiger partial charge in [0, 0.05) is 18.9 Å². The highest BCUT2D eigenvalue weighted by molar-refractivity contribution is 5.78. The molecule has 2 N–H and O–H groups in total. The van der Waals surface area contributed by atoms with E-state index >= 15 is 0 Å². The van der Waals surface area contributed by atoms with Crippen LogP contribution in [-0.4, -0.2) is 23.5 Å². The van der Waals surface area contributed by atoms with Gasteiger partial charge in [-0.25, -0.2) is 0 Å². The summed E-state index contributed by atoms with van der Waals surface area (Å²) < 4.78 is 0. The first-order valence-corrected chi connectivity index (χ1v) is 5.66. The van der Waals surface area contributed by atoms with Crippen molar-refractivity contribution in [2.45, 2.75) is 32.6 Å². The van der Waals surface area contributed by atoms with Gasteiger partial charge >= 0.3 is 5.97 Å². The predicted molar refractivity (Wildman–Crippen MR) is 58.8 cm³/mol. The molecule has 0 unspecified atom stereocenters. The van der Waals surface area contributed by atoms with Gasteiger partial charge in [0.25, 0.3) is 0 Å². The molecule has 3 aliphatic carbocycles. The highest BCUT2D eigenvalue weighted by atomic mass is 16.4. The van der Waals surface area contributed by atoms with E-state index in [-0.39, 0.29) is 11.3 Å². The maximum absolute atomic E-state index is 11.2. The zero-order valence-electron chi connectivity index (χ0n) is 9.45. The molecule has 0 heterocycles. The number of aliphatic carboxylic acids is 1. The van der Waals surface area contributed by atoms with Crippen LogP contribution >= 0.6 is 0 Å². The number of nitrogens with one attached hydrogen (secondary N) is 1. The van der Waals surface area contributed by atoms with Crippen LogP contribution in [0.5, 0.6) is 0 Å². The quantitative estimate of drug-likeness (QED) is 0.709. The molecule has 1 fully saturated rings. The Hall–Kier alpha value is -1.32. The normalized spacial score (nSPS) is 36.1. The van der Waals surface area contributed by atoms with Crippen LogP contribution in [0.25, 0.3) is 0 Å². The summed E-state index contributed by atoms with van der Waals surface area (Å²) in [5.74, 6) is -0.736. The van der Waals surface area contributed by atoms with Gasteiger partial charge < -0.3 is 10.4 Å². The Balaban J connectivity index is 2.11. The number of carboxylic acids is 1. The molecule has 2 bridgehead atoms. The number of hydrogen-bond donors (Lipinski definition) is 2. The van der Waals surface area contributed by atoms with Gasteiger partial charge in [0.15, 0.2) is 0 Å². The lowest BCUT2D eigenvalue weighted by Crippen LogP contribution is -2.46. The molecule has 0 aliphatic heterocycles. The van der Waals surface area contributed by atoms with Crippen molar-refractivity contribution in [3.63, 3.8) is 0 Å². The molecule has 0 aromatic heterocycles. The minimum Gasteiger partial charge on any atom is -0.481 e. The van der Waals surface area contributed by atoms with Gasteiger partial charge in [-0.15, -0.1) is 0 Å².